The van der Waals surface area contributed by atoms with Crippen molar-refractivity contribution in [3.63, 3.8) is 0 Å². The van der Waals surface area contributed by atoms with E-state index >= 15 is 0 Å². The summed E-state index contributed by atoms with van der Waals surface area (Å²) in [5.74, 6) is 0.118. The summed E-state index contributed by atoms with van der Waals surface area (Å²) in [4.78, 5) is 46.4. The molecule has 1 atom stereocenters. The summed E-state index contributed by atoms with van der Waals surface area (Å²) in [6, 6.07) is 11.2. The van der Waals surface area contributed by atoms with Crippen LogP contribution in [0, 0.1) is 0 Å². The van der Waals surface area contributed by atoms with Crippen molar-refractivity contribution < 1.29 is 23.9 Å². The maximum Gasteiger partial charge on any atom is 0.435 e. The summed E-state index contributed by atoms with van der Waals surface area (Å²) in [6.45, 7) is 12.0. The number of ether oxygens (including phenoxy) is 2. The van der Waals surface area contributed by atoms with Gasteiger partial charge in [0, 0.05) is 29.7 Å². The number of benzene rings is 1. The number of likely N-dealkylation sites (tertiary alicyclic amines) is 1. The fraction of sp³-hybridized carbons (Fsp3) is 0.433. The highest BCUT2D eigenvalue weighted by Gasteiger charge is 2.31. The lowest BCUT2D eigenvalue weighted by Gasteiger charge is -2.35. The number of anilines is 1. The molecule has 11 nitrogen and oxygen atoms in total. The summed E-state index contributed by atoms with van der Waals surface area (Å²) in [5, 5.41) is 7.13. The van der Waals surface area contributed by atoms with Crippen LogP contribution in [0.25, 0.3) is 21.5 Å². The van der Waals surface area contributed by atoms with Gasteiger partial charge >= 0.3 is 12.2 Å². The molecule has 1 aliphatic heterocycles. The van der Waals surface area contributed by atoms with Crippen LogP contribution in [0.4, 0.5) is 15.5 Å². The Morgan fingerprint density at radius 1 is 0.976 bits per heavy atom. The number of hydrogen-bond donors (Lipinski definition) is 1. The Morgan fingerprint density at radius 3 is 2.43 bits per heavy atom. The number of carbonyl (C=O) groups excluding carboxylic acids is 3. The molecule has 5 rings (SSSR count). The predicted molar refractivity (Wildman–Crippen MR) is 161 cm³/mol. The van der Waals surface area contributed by atoms with Crippen LogP contribution in [-0.4, -0.2) is 66.6 Å². The minimum Gasteiger partial charge on any atom is -0.444 e. The van der Waals surface area contributed by atoms with Crippen LogP contribution in [-0.2, 0) is 9.47 Å². The van der Waals surface area contributed by atoms with Crippen molar-refractivity contribution in [2.75, 3.05) is 18.4 Å². The molecule has 0 radical (unpaired) electrons. The second kappa shape index (κ2) is 11.2. The highest BCUT2D eigenvalue weighted by molar-refractivity contribution is 7.17. The number of hydrogen-bond acceptors (Lipinski definition) is 8. The number of nitrogens with zero attached hydrogens (tertiary/aromatic N) is 5. The number of rotatable bonds is 4. The van der Waals surface area contributed by atoms with Crippen LogP contribution in [0.5, 0.6) is 0 Å². The maximum absolute atomic E-state index is 13.4. The van der Waals surface area contributed by atoms with Crippen LogP contribution in [0.3, 0.4) is 0 Å². The number of para-hydroxylation sites is 2. The second-order valence-electron chi connectivity index (χ2n) is 12.3. The summed E-state index contributed by atoms with van der Waals surface area (Å²) >= 11 is 1.29. The summed E-state index contributed by atoms with van der Waals surface area (Å²) in [5.41, 5.74) is 1.11. The first-order chi connectivity index (χ1) is 19.8. The summed E-state index contributed by atoms with van der Waals surface area (Å²) < 4.78 is 14.2. The number of imidazole rings is 1. The molecule has 0 saturated carbocycles. The fourth-order valence-corrected chi connectivity index (χ4v) is 5.67. The largest absolute Gasteiger partial charge is 0.444 e. The van der Waals surface area contributed by atoms with Crippen molar-refractivity contribution in [1.29, 1.82) is 0 Å². The molecule has 1 aromatic carbocycles. The third kappa shape index (κ3) is 6.64. The molecule has 12 heteroatoms. The second-order valence-corrected chi connectivity index (χ2v) is 13.4. The molecular weight excluding hydrogens is 556 g/mol. The van der Waals surface area contributed by atoms with E-state index in [1.54, 1.807) is 44.1 Å². The molecule has 4 aromatic rings. The summed E-state index contributed by atoms with van der Waals surface area (Å²) in [7, 11) is 0. The predicted octanol–water partition coefficient (Wildman–Crippen LogP) is 6.57. The van der Waals surface area contributed by atoms with E-state index in [0.717, 1.165) is 33.4 Å². The van der Waals surface area contributed by atoms with Crippen LogP contribution in [0.1, 0.15) is 70.1 Å². The van der Waals surface area contributed by atoms with Crippen LogP contribution < -0.4 is 5.32 Å². The van der Waals surface area contributed by atoms with Crippen molar-refractivity contribution >= 4 is 46.4 Å². The molecule has 0 spiro atoms. The van der Waals surface area contributed by atoms with Gasteiger partial charge in [0.25, 0.3) is 5.91 Å². The van der Waals surface area contributed by atoms with Crippen LogP contribution >= 0.6 is 11.3 Å². The zero-order valence-corrected chi connectivity index (χ0v) is 25.5. The first-order valence-corrected chi connectivity index (χ1v) is 14.7. The lowest BCUT2D eigenvalue weighted by atomic mass is 10.1. The zero-order valence-electron chi connectivity index (χ0n) is 24.7. The molecule has 1 saturated heterocycles. The molecule has 2 amide bonds. The minimum absolute atomic E-state index is 0.0911. The Bertz CT molecular complexity index is 1620. The van der Waals surface area contributed by atoms with Gasteiger partial charge in [0.2, 0.25) is 5.95 Å². The number of nitrogens with one attached hydrogen (secondary N) is 1. The van der Waals surface area contributed by atoms with Crippen molar-refractivity contribution in [2.24, 2.45) is 0 Å². The number of aromatic nitrogens is 4. The highest BCUT2D eigenvalue weighted by Crippen LogP contribution is 2.33. The Kier molecular flexibility index (Phi) is 7.84. The van der Waals surface area contributed by atoms with E-state index < -0.39 is 17.3 Å². The van der Waals surface area contributed by atoms with Crippen molar-refractivity contribution in [2.45, 2.75) is 71.6 Å². The first kappa shape index (κ1) is 29.3. The van der Waals surface area contributed by atoms with Crippen molar-refractivity contribution in [3.8, 4) is 10.4 Å². The van der Waals surface area contributed by atoms with Gasteiger partial charge in [0.1, 0.15) is 11.2 Å². The molecule has 4 heterocycles. The van der Waals surface area contributed by atoms with E-state index in [4.69, 9.17) is 14.5 Å². The SMILES string of the molecule is CC(C)(C)OC(=O)N1CCCC(n2c(NC(=O)c3ccc(-c4cnn(C(=O)OC(C)(C)C)c4)s3)nc3ccccc32)C1. The van der Waals surface area contributed by atoms with Gasteiger partial charge in [-0.15, -0.1) is 11.3 Å². The van der Waals surface area contributed by atoms with Crippen molar-refractivity contribution in [1.82, 2.24) is 24.2 Å². The molecule has 0 bridgehead atoms. The molecule has 3 aromatic heterocycles. The van der Waals surface area contributed by atoms with Gasteiger partial charge in [-0.1, -0.05) is 12.1 Å². The lowest BCUT2D eigenvalue weighted by molar-refractivity contribution is 0.0174. The average molecular weight is 593 g/mol. The zero-order chi connectivity index (χ0) is 30.2. The van der Waals surface area contributed by atoms with E-state index in [1.165, 1.54) is 11.3 Å². The van der Waals surface area contributed by atoms with Crippen LogP contribution in [0.15, 0.2) is 48.8 Å². The van der Waals surface area contributed by atoms with Crippen molar-refractivity contribution in [3.05, 3.63) is 53.7 Å². The lowest BCUT2D eigenvalue weighted by Crippen LogP contribution is -2.43. The van der Waals surface area contributed by atoms with Crippen LogP contribution in [0.2, 0.25) is 0 Å². The van der Waals surface area contributed by atoms with Gasteiger partial charge in [-0.05, 0) is 78.6 Å². The molecule has 0 aliphatic carbocycles. The third-order valence-corrected chi connectivity index (χ3v) is 7.65. The van der Waals surface area contributed by atoms with E-state index in [2.05, 4.69) is 10.4 Å². The van der Waals surface area contributed by atoms with E-state index in [0.29, 0.717) is 29.5 Å². The van der Waals surface area contributed by atoms with Gasteiger partial charge < -0.3 is 18.9 Å². The monoisotopic (exact) mass is 592 g/mol. The highest BCUT2D eigenvalue weighted by atomic mass is 32.1. The first-order valence-electron chi connectivity index (χ1n) is 13.9. The Morgan fingerprint density at radius 2 is 1.69 bits per heavy atom. The Hall–Kier alpha value is -4.19. The number of fused-ring (bicyclic) bond motifs is 1. The number of thiophene rings is 1. The normalized spacial score (nSPS) is 16.0. The maximum atomic E-state index is 13.4. The van der Waals surface area contributed by atoms with Gasteiger partial charge in [0.15, 0.2) is 0 Å². The minimum atomic E-state index is -0.639. The molecular formula is C30H36N6O5S. The molecule has 1 N–H and O–H groups in total. The van der Waals surface area contributed by atoms with E-state index in [9.17, 15) is 14.4 Å². The van der Waals surface area contributed by atoms with E-state index in [-0.39, 0.29) is 18.0 Å². The standard InChI is InChI=1S/C30H36N6O5S/c1-29(2,3)40-27(38)34-15-9-10-20(18-34)36-22-12-8-7-11-21(22)32-26(36)33-25(37)24-14-13-23(42-24)19-16-31-35(17-19)28(39)41-30(4,5)6/h7-8,11-14,16-17,20H,9-10,15,18H2,1-6H3,(H,32,33,37). The smallest absolute Gasteiger partial charge is 0.435 e. The quantitative estimate of drug-likeness (QED) is 0.285. The molecule has 1 aliphatic rings. The van der Waals surface area contributed by atoms with Gasteiger partial charge in [0.05, 0.1) is 28.1 Å². The number of carbonyl (C=O) groups is 3. The fourth-order valence-electron chi connectivity index (χ4n) is 4.80. The summed E-state index contributed by atoms with van der Waals surface area (Å²) in [6.07, 6.45) is 3.86. The van der Waals surface area contributed by atoms with Gasteiger partial charge in [-0.2, -0.15) is 9.78 Å². The Labute approximate surface area is 248 Å². The molecule has 42 heavy (non-hydrogen) atoms. The van der Waals surface area contributed by atoms with Gasteiger partial charge in [-0.3, -0.25) is 10.1 Å². The Balaban J connectivity index is 1.36. The molecule has 1 fully saturated rings. The average Bonchev–Trinajstić information content (AvgIpc) is 3.65. The number of amides is 2. The van der Waals surface area contributed by atoms with Gasteiger partial charge in [-0.25, -0.2) is 14.6 Å². The van der Waals surface area contributed by atoms with E-state index in [1.807, 2.05) is 55.7 Å². The molecule has 222 valence electrons. The number of piperidine rings is 1. The third-order valence-electron chi connectivity index (χ3n) is 6.51. The topological polar surface area (TPSA) is 121 Å². The molecule has 1 unspecified atom stereocenters.